The van der Waals surface area contributed by atoms with E-state index in [1.807, 2.05) is 43.5 Å². The number of benzene rings is 1. The minimum absolute atomic E-state index is 0.251. The van der Waals surface area contributed by atoms with E-state index in [9.17, 15) is 9.90 Å². The second kappa shape index (κ2) is 6.67. The van der Waals surface area contributed by atoms with Crippen molar-refractivity contribution in [2.45, 2.75) is 19.1 Å². The van der Waals surface area contributed by atoms with Gasteiger partial charge in [0.1, 0.15) is 0 Å². The number of hydrogen-bond donors (Lipinski definition) is 2. The van der Waals surface area contributed by atoms with Crippen LogP contribution in [0.1, 0.15) is 30.2 Å². The maximum atomic E-state index is 12.2. The van der Waals surface area contributed by atoms with Crippen LogP contribution in [0.5, 0.6) is 0 Å². The standard InChI is InChI=1S/C17H19N5O2/c1-12(20-17(24)16(23)14-10-19-21(2)11-14)13-5-3-6-15(9-13)22-8-4-7-18-22/h3-12,16,23H,1-2H3,(H,20,24)/t12-,16+/m1/s1. The van der Waals surface area contributed by atoms with Crippen LogP contribution in [-0.2, 0) is 11.8 Å². The highest BCUT2D eigenvalue weighted by atomic mass is 16.3. The van der Waals surface area contributed by atoms with Crippen molar-refractivity contribution in [3.8, 4) is 5.69 Å². The third kappa shape index (κ3) is 3.36. The zero-order valence-electron chi connectivity index (χ0n) is 13.5. The Morgan fingerprint density at radius 1 is 1.25 bits per heavy atom. The lowest BCUT2D eigenvalue weighted by molar-refractivity contribution is -0.130. The van der Waals surface area contributed by atoms with Crippen molar-refractivity contribution in [1.29, 1.82) is 0 Å². The van der Waals surface area contributed by atoms with Gasteiger partial charge in [-0.1, -0.05) is 12.1 Å². The highest BCUT2D eigenvalue weighted by Crippen LogP contribution is 2.18. The summed E-state index contributed by atoms with van der Waals surface area (Å²) in [5.74, 6) is -0.458. The molecule has 0 aliphatic heterocycles. The van der Waals surface area contributed by atoms with Gasteiger partial charge in [-0.2, -0.15) is 10.2 Å². The van der Waals surface area contributed by atoms with E-state index >= 15 is 0 Å². The first-order chi connectivity index (χ1) is 11.5. The van der Waals surface area contributed by atoms with Crippen LogP contribution >= 0.6 is 0 Å². The highest BCUT2D eigenvalue weighted by Gasteiger charge is 2.21. The molecule has 0 aliphatic carbocycles. The van der Waals surface area contributed by atoms with E-state index < -0.39 is 12.0 Å². The molecule has 7 heteroatoms. The third-order valence-corrected chi connectivity index (χ3v) is 3.79. The molecule has 124 valence electrons. The predicted molar refractivity (Wildman–Crippen MR) is 88.3 cm³/mol. The van der Waals surface area contributed by atoms with Gasteiger partial charge in [0.05, 0.1) is 17.9 Å². The lowest BCUT2D eigenvalue weighted by Crippen LogP contribution is -2.31. The van der Waals surface area contributed by atoms with Gasteiger partial charge >= 0.3 is 0 Å². The first-order valence-electron chi connectivity index (χ1n) is 7.61. The molecule has 2 heterocycles. The smallest absolute Gasteiger partial charge is 0.254 e. The fraction of sp³-hybridized carbons (Fsp3) is 0.235. The van der Waals surface area contributed by atoms with E-state index in [1.165, 1.54) is 6.20 Å². The number of nitrogens with one attached hydrogen (secondary N) is 1. The first kappa shape index (κ1) is 15.9. The van der Waals surface area contributed by atoms with Crippen molar-refractivity contribution >= 4 is 5.91 Å². The average Bonchev–Trinajstić information content (AvgIpc) is 3.25. The summed E-state index contributed by atoms with van der Waals surface area (Å²) >= 11 is 0. The number of aliphatic hydroxyl groups is 1. The first-order valence-corrected chi connectivity index (χ1v) is 7.61. The third-order valence-electron chi connectivity index (χ3n) is 3.79. The SMILES string of the molecule is C[C@@H](NC(=O)[C@@H](O)c1cnn(C)c1)c1cccc(-n2cccn2)c1. The van der Waals surface area contributed by atoms with Crippen molar-refractivity contribution in [3.05, 3.63) is 66.2 Å². The van der Waals surface area contributed by atoms with Crippen LogP contribution in [0.25, 0.3) is 5.69 Å². The molecule has 0 radical (unpaired) electrons. The van der Waals surface area contributed by atoms with E-state index in [0.29, 0.717) is 5.56 Å². The molecule has 0 aliphatic rings. The topological polar surface area (TPSA) is 85.0 Å². The molecule has 0 spiro atoms. The van der Waals surface area contributed by atoms with E-state index in [1.54, 1.807) is 28.8 Å². The number of aromatic nitrogens is 4. The summed E-state index contributed by atoms with van der Waals surface area (Å²) in [5, 5.41) is 21.1. The van der Waals surface area contributed by atoms with Crippen molar-refractivity contribution in [2.24, 2.45) is 7.05 Å². The van der Waals surface area contributed by atoms with Crippen molar-refractivity contribution < 1.29 is 9.90 Å². The molecule has 0 unspecified atom stereocenters. The Labute approximate surface area is 139 Å². The van der Waals surface area contributed by atoms with Crippen LogP contribution in [0.15, 0.2) is 55.1 Å². The Hall–Kier alpha value is -2.93. The Morgan fingerprint density at radius 3 is 2.75 bits per heavy atom. The van der Waals surface area contributed by atoms with Gasteiger partial charge < -0.3 is 10.4 Å². The minimum Gasteiger partial charge on any atom is -0.378 e. The summed E-state index contributed by atoms with van der Waals surface area (Å²) in [6.45, 7) is 1.87. The Bertz CT molecular complexity index is 825. The predicted octanol–water partition coefficient (Wildman–Crippen LogP) is 1.52. The Morgan fingerprint density at radius 2 is 2.08 bits per heavy atom. The summed E-state index contributed by atoms with van der Waals surface area (Å²) in [4.78, 5) is 12.2. The van der Waals surface area contributed by atoms with Gasteiger partial charge in [0.2, 0.25) is 0 Å². The van der Waals surface area contributed by atoms with Gasteiger partial charge in [0, 0.05) is 31.2 Å². The summed E-state index contributed by atoms with van der Waals surface area (Å²) in [5.41, 5.74) is 2.30. The van der Waals surface area contributed by atoms with E-state index in [-0.39, 0.29) is 6.04 Å². The minimum atomic E-state index is -1.24. The van der Waals surface area contributed by atoms with Crippen molar-refractivity contribution in [3.63, 3.8) is 0 Å². The molecule has 0 bridgehead atoms. The number of aryl methyl sites for hydroxylation is 1. The molecule has 2 atom stereocenters. The molecular formula is C17H19N5O2. The maximum Gasteiger partial charge on any atom is 0.254 e. The monoisotopic (exact) mass is 325 g/mol. The summed E-state index contributed by atoms with van der Waals surface area (Å²) in [6.07, 6.45) is 5.42. The largest absolute Gasteiger partial charge is 0.378 e. The van der Waals surface area contributed by atoms with Crippen molar-refractivity contribution in [2.75, 3.05) is 0 Å². The fourth-order valence-electron chi connectivity index (χ4n) is 2.47. The molecule has 3 aromatic rings. The molecule has 0 fully saturated rings. The molecule has 3 rings (SSSR count). The van der Waals surface area contributed by atoms with Crippen LogP contribution < -0.4 is 5.32 Å². The van der Waals surface area contributed by atoms with Gasteiger partial charge in [-0.15, -0.1) is 0 Å². The van der Waals surface area contributed by atoms with Crippen LogP contribution in [0.2, 0.25) is 0 Å². The second-order valence-corrected chi connectivity index (χ2v) is 5.63. The quantitative estimate of drug-likeness (QED) is 0.745. The number of aliphatic hydroxyl groups excluding tert-OH is 1. The van der Waals surface area contributed by atoms with Crippen LogP contribution in [0, 0.1) is 0 Å². The number of carbonyl (C=O) groups is 1. The number of nitrogens with zero attached hydrogens (tertiary/aromatic N) is 4. The van der Waals surface area contributed by atoms with Gasteiger partial charge in [-0.05, 0) is 30.7 Å². The number of amides is 1. The molecular weight excluding hydrogens is 306 g/mol. The summed E-state index contributed by atoms with van der Waals surface area (Å²) in [7, 11) is 1.73. The fourth-order valence-corrected chi connectivity index (χ4v) is 2.47. The van der Waals surface area contributed by atoms with Gasteiger partial charge in [-0.25, -0.2) is 4.68 Å². The number of hydrogen-bond acceptors (Lipinski definition) is 4. The van der Waals surface area contributed by atoms with Gasteiger partial charge in [0.25, 0.3) is 5.91 Å². The van der Waals surface area contributed by atoms with Gasteiger partial charge in [-0.3, -0.25) is 9.48 Å². The summed E-state index contributed by atoms with van der Waals surface area (Å²) in [6, 6.07) is 9.33. The van der Waals surface area contributed by atoms with Crippen LogP contribution in [-0.4, -0.2) is 30.6 Å². The van der Waals surface area contributed by atoms with Crippen LogP contribution in [0.4, 0.5) is 0 Å². The molecule has 0 saturated carbocycles. The van der Waals surface area contributed by atoms with Crippen molar-refractivity contribution in [1.82, 2.24) is 24.9 Å². The van der Waals surface area contributed by atoms with E-state index in [0.717, 1.165) is 11.3 Å². The highest BCUT2D eigenvalue weighted by molar-refractivity contribution is 5.82. The normalized spacial score (nSPS) is 13.5. The molecule has 24 heavy (non-hydrogen) atoms. The molecule has 7 nitrogen and oxygen atoms in total. The van der Waals surface area contributed by atoms with Gasteiger partial charge in [0.15, 0.2) is 6.10 Å². The zero-order chi connectivity index (χ0) is 17.1. The lowest BCUT2D eigenvalue weighted by atomic mass is 10.1. The Balaban J connectivity index is 1.71. The number of carbonyl (C=O) groups excluding carboxylic acids is 1. The molecule has 1 amide bonds. The van der Waals surface area contributed by atoms with E-state index in [2.05, 4.69) is 15.5 Å². The Kier molecular flexibility index (Phi) is 4.43. The molecule has 2 N–H and O–H groups in total. The van der Waals surface area contributed by atoms with Crippen LogP contribution in [0.3, 0.4) is 0 Å². The van der Waals surface area contributed by atoms with E-state index in [4.69, 9.17) is 0 Å². The average molecular weight is 325 g/mol. The lowest BCUT2D eigenvalue weighted by Gasteiger charge is -2.17. The zero-order valence-corrected chi connectivity index (χ0v) is 13.5. The number of rotatable bonds is 5. The maximum absolute atomic E-state index is 12.2. The molecule has 0 saturated heterocycles. The summed E-state index contributed by atoms with van der Waals surface area (Å²) < 4.78 is 3.30. The molecule has 1 aromatic carbocycles. The second-order valence-electron chi connectivity index (χ2n) is 5.63. The molecule has 2 aromatic heterocycles.